The number of hydrogen-bond donors (Lipinski definition) is 0. The minimum absolute atomic E-state index is 0.619. The van der Waals surface area contributed by atoms with Crippen LogP contribution in [0.2, 0.25) is 0 Å². The zero-order chi connectivity index (χ0) is 58.7. The topological polar surface area (TPSA) is 43.6 Å². The molecule has 7 aromatic carbocycles. The van der Waals surface area contributed by atoms with Crippen LogP contribution in [0.3, 0.4) is 0 Å². The molecule has 0 aliphatic carbocycles. The van der Waals surface area contributed by atoms with Crippen LogP contribution in [0.5, 0.6) is 0 Å². The fraction of sp³-hybridized carbons (Fsp3) is 0. The Morgan fingerprint density at radius 3 is 1.47 bits per heavy atom. The number of benzene rings is 7. The van der Waals surface area contributed by atoms with Gasteiger partial charge in [-0.25, -0.2) is 15.0 Å². The van der Waals surface area contributed by atoms with Crippen LogP contribution in [0.15, 0.2) is 181 Å². The van der Waals surface area contributed by atoms with Crippen molar-refractivity contribution in [3.8, 4) is 62.1 Å². The van der Waals surface area contributed by atoms with E-state index in [4.69, 9.17) is 31.5 Å². The minimum atomic E-state index is -1.15. The van der Waals surface area contributed by atoms with Crippen molar-refractivity contribution in [2.75, 3.05) is 0 Å². The summed E-state index contributed by atoms with van der Waals surface area (Å²) in [5.41, 5.74) is -8.41. The van der Waals surface area contributed by atoms with E-state index in [1.165, 1.54) is 0 Å². The van der Waals surface area contributed by atoms with Gasteiger partial charge in [-0.1, -0.05) is 145 Å². The van der Waals surface area contributed by atoms with Gasteiger partial charge >= 0.3 is 0 Å². The van der Waals surface area contributed by atoms with E-state index in [1.54, 1.807) is 0 Å². The lowest BCUT2D eigenvalue weighted by Crippen LogP contribution is -2.00. The van der Waals surface area contributed by atoms with Crippen molar-refractivity contribution in [3.63, 3.8) is 0 Å². The van der Waals surface area contributed by atoms with Crippen LogP contribution < -0.4 is 0 Å². The molecule has 9 rings (SSSR count). The lowest BCUT2D eigenvalue weighted by Gasteiger charge is -2.13. The lowest BCUT2D eigenvalue weighted by molar-refractivity contribution is 1.07. The van der Waals surface area contributed by atoms with E-state index in [2.05, 4.69) is 15.0 Å². The van der Waals surface area contributed by atoms with Crippen LogP contribution in [-0.2, 0) is 0 Å². The summed E-state index contributed by atoms with van der Waals surface area (Å²) >= 11 is 0. The van der Waals surface area contributed by atoms with Crippen LogP contribution in [0.1, 0.15) is 41.1 Å². The number of para-hydroxylation sites is 2. The van der Waals surface area contributed by atoms with Gasteiger partial charge in [0, 0.05) is 33.2 Å². The van der Waals surface area contributed by atoms with Gasteiger partial charge in [-0.2, -0.15) is 0 Å². The van der Waals surface area contributed by atoms with Gasteiger partial charge in [-0.05, 0) is 58.5 Å². The molecule has 0 bridgehead atoms. The predicted molar refractivity (Wildman–Crippen MR) is 201 cm³/mol. The second kappa shape index (κ2) is 12.2. The van der Waals surface area contributed by atoms with Crippen molar-refractivity contribution >= 4 is 21.8 Å². The molecule has 230 valence electrons. The Balaban J connectivity index is 1.47. The third-order valence-corrected chi connectivity index (χ3v) is 6.99. The first kappa shape index (κ1) is 11.2. The van der Waals surface area contributed by atoms with Gasteiger partial charge in [0.1, 0.15) is 0 Å². The Morgan fingerprint density at radius 1 is 0.347 bits per heavy atom. The monoisotopic (exact) mass is 656 g/mol. The molecular formula is C45H30N4. The van der Waals surface area contributed by atoms with E-state index in [9.17, 15) is 9.60 Å². The van der Waals surface area contributed by atoms with Crippen LogP contribution >= 0.6 is 0 Å². The Labute approximate surface area is 326 Å². The highest BCUT2D eigenvalue weighted by Crippen LogP contribution is 2.38. The highest BCUT2D eigenvalue weighted by atomic mass is 15.0. The molecule has 0 fully saturated rings. The average molecular weight is 657 g/mol. The molecule has 0 unspecified atom stereocenters. The largest absolute Gasteiger partial charge is 0.309 e. The third-order valence-electron chi connectivity index (χ3n) is 6.99. The molecule has 2 aromatic heterocycles. The summed E-state index contributed by atoms with van der Waals surface area (Å²) in [6.07, 6.45) is 0. The molecule has 0 aliphatic heterocycles. The maximum atomic E-state index is 9.82. The van der Waals surface area contributed by atoms with Gasteiger partial charge < -0.3 is 4.57 Å². The first-order chi connectivity index (χ1) is 36.8. The van der Waals surface area contributed by atoms with Gasteiger partial charge in [0.2, 0.25) is 0 Å². The average Bonchev–Trinajstić information content (AvgIpc) is 4.06. The van der Waals surface area contributed by atoms with Gasteiger partial charge in [0.25, 0.3) is 0 Å². The number of aromatic nitrogens is 4. The molecular weight excluding hydrogens is 597 g/mol. The smallest absolute Gasteiger partial charge is 0.164 e. The molecule has 9 aromatic rings. The van der Waals surface area contributed by atoms with Crippen molar-refractivity contribution in [1.29, 1.82) is 0 Å². The Morgan fingerprint density at radius 2 is 0.816 bits per heavy atom. The van der Waals surface area contributed by atoms with E-state index >= 15 is 0 Å². The molecule has 0 spiro atoms. The summed E-state index contributed by atoms with van der Waals surface area (Å²) in [6.45, 7) is 0. The first-order valence-electron chi connectivity index (χ1n) is 29.0. The summed E-state index contributed by atoms with van der Waals surface area (Å²) in [6, 6.07) is -29.5. The standard InChI is InChI=1S/C45H30N4/c1-4-15-31(16-5-1)43-46-44(32-17-6-2-7-18-32)48-45(47-43)35-20-14-19-33(29-35)37-23-10-11-24-38(37)34-27-28-42-40(30-34)39-25-12-13-26-41(39)49(42)36-21-8-3-9-22-36/h1-30H/i1D,2D,3D,4D,5D,6D,7D,8D,9D,10D,11D,12D,13D,14D,15D,16D,17D,18D,19D,20D,21D,22D,23D,24D,25D,26D,27D,28D,29D,30D. The van der Waals surface area contributed by atoms with Gasteiger partial charge in [0.15, 0.2) is 17.5 Å². The van der Waals surface area contributed by atoms with Crippen molar-refractivity contribution in [1.82, 2.24) is 19.5 Å². The lowest BCUT2D eigenvalue weighted by atomic mass is 9.93. The second-order valence-corrected chi connectivity index (χ2v) is 9.81. The zero-order valence-corrected chi connectivity index (χ0v) is 24.3. The molecule has 4 nitrogen and oxygen atoms in total. The number of hydrogen-bond acceptors (Lipinski definition) is 3. The van der Waals surface area contributed by atoms with Gasteiger partial charge in [-0.15, -0.1) is 0 Å². The van der Waals surface area contributed by atoms with E-state index < -0.39 is 265 Å². The summed E-state index contributed by atoms with van der Waals surface area (Å²) < 4.78 is 265. The van der Waals surface area contributed by atoms with Gasteiger partial charge in [0.05, 0.1) is 52.2 Å². The van der Waals surface area contributed by atoms with E-state index in [0.717, 1.165) is 0 Å². The van der Waals surface area contributed by atoms with Crippen LogP contribution in [0.4, 0.5) is 0 Å². The van der Waals surface area contributed by atoms with Crippen molar-refractivity contribution in [2.24, 2.45) is 0 Å². The molecule has 4 heteroatoms. The molecule has 49 heavy (non-hydrogen) atoms. The maximum Gasteiger partial charge on any atom is 0.164 e. The van der Waals surface area contributed by atoms with Crippen molar-refractivity contribution in [3.05, 3.63) is 181 Å². The van der Waals surface area contributed by atoms with Crippen LogP contribution in [0, 0.1) is 0 Å². The summed E-state index contributed by atoms with van der Waals surface area (Å²) in [7, 11) is 0. The van der Waals surface area contributed by atoms with Crippen molar-refractivity contribution < 1.29 is 41.1 Å². The third kappa shape index (κ3) is 5.26. The molecule has 0 atom stereocenters. The number of nitrogens with zero attached hydrogens (tertiary/aromatic N) is 4. The highest BCUT2D eigenvalue weighted by Gasteiger charge is 2.16. The predicted octanol–water partition coefficient (Wildman–Crippen LogP) is 11.3. The Hall–Kier alpha value is -6.65. The summed E-state index contributed by atoms with van der Waals surface area (Å²) in [5, 5.41) is -1.29. The van der Waals surface area contributed by atoms with Crippen molar-refractivity contribution in [2.45, 2.75) is 0 Å². The Kier molecular flexibility index (Phi) is 2.79. The SMILES string of the molecule is [2H]c1c([2H])c([2H])c(-c2nc(-c3c([2H])c([2H])c([2H])c([2H])c3[2H])nc(-c3c([2H])c([2H])c([2H])c(-c4c([2H])c([2H])c([2H])c([2H])c4-c4c([2H])c([2H])c5c(c4[2H])c4c([2H])c([2H])c([2H])c([2H])c4n5-c4c([2H])c([2H])c([2H])c([2H])c4[2H])c3[2H])n2)c([2H])c1[2H]. The fourth-order valence-electron chi connectivity index (χ4n) is 4.92. The molecule has 2 heterocycles. The summed E-state index contributed by atoms with van der Waals surface area (Å²) in [4.78, 5) is 12.6. The second-order valence-electron chi connectivity index (χ2n) is 9.81. The molecule has 0 aliphatic rings. The molecule has 0 saturated carbocycles. The Bertz CT molecular complexity index is 4150. The molecule has 0 amide bonds. The highest BCUT2D eigenvalue weighted by molar-refractivity contribution is 6.10. The van der Waals surface area contributed by atoms with Crippen LogP contribution in [-0.4, -0.2) is 19.5 Å². The maximum absolute atomic E-state index is 9.82. The molecule has 0 radical (unpaired) electrons. The van der Waals surface area contributed by atoms with E-state index in [1.807, 2.05) is 0 Å². The first-order valence-corrected chi connectivity index (χ1v) is 14.0. The zero-order valence-electron chi connectivity index (χ0n) is 54.3. The molecule has 0 N–H and O–H groups in total. The number of rotatable bonds is 6. The molecule has 0 saturated heterocycles. The number of fused-ring (bicyclic) bond motifs is 3. The fourth-order valence-corrected chi connectivity index (χ4v) is 4.92. The van der Waals surface area contributed by atoms with Gasteiger partial charge in [-0.3, -0.25) is 0 Å². The quantitative estimate of drug-likeness (QED) is 0.179. The van der Waals surface area contributed by atoms with E-state index in [-0.39, 0.29) is 0 Å². The van der Waals surface area contributed by atoms with E-state index in [0.29, 0.717) is 4.57 Å². The van der Waals surface area contributed by atoms with Crippen LogP contribution in [0.25, 0.3) is 83.9 Å². The summed E-state index contributed by atoms with van der Waals surface area (Å²) in [5.74, 6) is -2.71. The minimum Gasteiger partial charge on any atom is -0.309 e. The normalized spacial score (nSPS) is 19.8.